The van der Waals surface area contributed by atoms with Gasteiger partial charge in [0.15, 0.2) is 0 Å². The monoisotopic (exact) mass is 452 g/mol. The number of benzene rings is 2. The fraction of sp³-hybridized carbons (Fsp3) is 0.292. The number of halogens is 1. The lowest BCUT2D eigenvalue weighted by atomic mass is 9.94. The third-order valence-corrected chi connectivity index (χ3v) is 5.61. The molecule has 166 valence electrons. The van der Waals surface area contributed by atoms with Crippen LogP contribution < -0.4 is 5.32 Å². The normalized spacial score (nSPS) is 16.4. The lowest BCUT2D eigenvalue weighted by molar-refractivity contribution is 0.136. The first-order valence-corrected chi connectivity index (χ1v) is 11.0. The van der Waals surface area contributed by atoms with E-state index < -0.39 is 6.04 Å². The number of allylic oxidation sites excluding steroid dienone is 1. The highest BCUT2D eigenvalue weighted by Crippen LogP contribution is 2.37. The minimum Gasteiger partial charge on any atom is -0.382 e. The molecule has 1 aromatic heterocycles. The molecule has 1 atom stereocenters. The molecule has 0 saturated carbocycles. The summed E-state index contributed by atoms with van der Waals surface area (Å²) in [5.74, 6) is 0.833. The fourth-order valence-corrected chi connectivity index (χ4v) is 3.87. The average molecular weight is 453 g/mol. The molecule has 2 heterocycles. The van der Waals surface area contributed by atoms with E-state index >= 15 is 0 Å². The van der Waals surface area contributed by atoms with Gasteiger partial charge >= 0.3 is 6.03 Å². The highest BCUT2D eigenvalue weighted by molar-refractivity contribution is 6.30. The molecule has 8 heteroatoms. The SMILES string of the molecule is CCOCCCN1C(=O)NC(c2ccccc2)C(c2nc(-c3ccc(Cl)cc3)no2)=C1C. The van der Waals surface area contributed by atoms with Gasteiger partial charge < -0.3 is 14.6 Å². The minimum atomic E-state index is -0.398. The molecular formula is C24H25ClN4O3. The fourth-order valence-electron chi connectivity index (χ4n) is 3.74. The second kappa shape index (κ2) is 9.97. The van der Waals surface area contributed by atoms with Gasteiger partial charge in [-0.25, -0.2) is 4.79 Å². The highest BCUT2D eigenvalue weighted by Gasteiger charge is 2.35. The van der Waals surface area contributed by atoms with Crippen LogP contribution in [-0.4, -0.2) is 40.8 Å². The van der Waals surface area contributed by atoms with Crippen molar-refractivity contribution in [3.8, 4) is 11.4 Å². The van der Waals surface area contributed by atoms with Crippen molar-refractivity contribution in [3.05, 3.63) is 76.8 Å². The molecule has 1 aliphatic rings. The number of carbonyl (C=O) groups is 1. The number of hydrogen-bond acceptors (Lipinski definition) is 5. The van der Waals surface area contributed by atoms with Crippen molar-refractivity contribution in [2.24, 2.45) is 0 Å². The molecule has 3 aromatic rings. The van der Waals surface area contributed by atoms with Gasteiger partial charge in [-0.15, -0.1) is 0 Å². The third-order valence-electron chi connectivity index (χ3n) is 5.36. The smallest absolute Gasteiger partial charge is 0.322 e. The lowest BCUT2D eigenvalue weighted by Crippen LogP contribution is -2.46. The molecule has 0 fully saturated rings. The molecular weight excluding hydrogens is 428 g/mol. The van der Waals surface area contributed by atoms with Crippen LogP contribution in [0.2, 0.25) is 5.02 Å². The number of rotatable bonds is 8. The van der Waals surface area contributed by atoms with Gasteiger partial charge in [0.1, 0.15) is 0 Å². The van der Waals surface area contributed by atoms with Gasteiger partial charge in [-0.1, -0.05) is 47.1 Å². The van der Waals surface area contributed by atoms with Crippen molar-refractivity contribution >= 4 is 23.2 Å². The topological polar surface area (TPSA) is 80.5 Å². The summed E-state index contributed by atoms with van der Waals surface area (Å²) in [5, 5.41) is 7.91. The van der Waals surface area contributed by atoms with Crippen LogP contribution in [0.15, 0.2) is 64.8 Å². The molecule has 0 spiro atoms. The first kappa shape index (κ1) is 22.0. The first-order valence-electron chi connectivity index (χ1n) is 10.6. The molecule has 2 amide bonds. The predicted octanol–water partition coefficient (Wildman–Crippen LogP) is 5.31. The number of urea groups is 1. The molecule has 0 radical (unpaired) electrons. The third kappa shape index (κ3) is 4.69. The summed E-state index contributed by atoms with van der Waals surface area (Å²) in [5.41, 5.74) is 3.30. The van der Waals surface area contributed by atoms with Crippen LogP contribution in [-0.2, 0) is 4.74 Å². The van der Waals surface area contributed by atoms with E-state index in [0.29, 0.717) is 36.5 Å². The number of ether oxygens (including phenoxy) is 1. The molecule has 0 bridgehead atoms. The first-order chi connectivity index (χ1) is 15.6. The van der Waals surface area contributed by atoms with Gasteiger partial charge in [0.05, 0.1) is 11.6 Å². The van der Waals surface area contributed by atoms with Crippen molar-refractivity contribution < 1.29 is 14.1 Å². The summed E-state index contributed by atoms with van der Waals surface area (Å²) in [6.07, 6.45) is 0.724. The Morgan fingerprint density at radius 2 is 1.91 bits per heavy atom. The van der Waals surface area contributed by atoms with Crippen LogP contribution in [0.25, 0.3) is 17.0 Å². The Morgan fingerprint density at radius 3 is 2.62 bits per heavy atom. The van der Waals surface area contributed by atoms with Crippen molar-refractivity contribution in [1.82, 2.24) is 20.4 Å². The summed E-state index contributed by atoms with van der Waals surface area (Å²) in [4.78, 5) is 19.3. The summed E-state index contributed by atoms with van der Waals surface area (Å²) in [7, 11) is 0. The lowest BCUT2D eigenvalue weighted by Gasteiger charge is -2.35. The number of carbonyl (C=O) groups excluding carboxylic acids is 1. The Hall–Kier alpha value is -3.16. The van der Waals surface area contributed by atoms with Crippen molar-refractivity contribution in [3.63, 3.8) is 0 Å². The molecule has 7 nitrogen and oxygen atoms in total. The van der Waals surface area contributed by atoms with Crippen molar-refractivity contribution in [2.45, 2.75) is 26.3 Å². The second-order valence-electron chi connectivity index (χ2n) is 7.42. The zero-order chi connectivity index (χ0) is 22.5. The van der Waals surface area contributed by atoms with E-state index in [0.717, 1.165) is 28.8 Å². The van der Waals surface area contributed by atoms with Crippen LogP contribution in [0.1, 0.15) is 37.8 Å². The summed E-state index contributed by atoms with van der Waals surface area (Å²) < 4.78 is 11.1. The molecule has 0 saturated heterocycles. The van der Waals surface area contributed by atoms with Crippen LogP contribution in [0.4, 0.5) is 4.79 Å². The number of hydrogen-bond donors (Lipinski definition) is 1. The Morgan fingerprint density at radius 1 is 1.16 bits per heavy atom. The quantitative estimate of drug-likeness (QED) is 0.468. The summed E-state index contributed by atoms with van der Waals surface area (Å²) in [6, 6.07) is 16.5. The predicted molar refractivity (Wildman–Crippen MR) is 123 cm³/mol. The van der Waals surface area contributed by atoms with E-state index in [1.165, 1.54) is 0 Å². The molecule has 2 aromatic carbocycles. The molecule has 0 aliphatic carbocycles. The van der Waals surface area contributed by atoms with E-state index in [1.54, 1.807) is 17.0 Å². The van der Waals surface area contributed by atoms with E-state index in [1.807, 2.05) is 56.3 Å². The largest absolute Gasteiger partial charge is 0.382 e. The number of aromatic nitrogens is 2. The maximum atomic E-state index is 12.9. The van der Waals surface area contributed by atoms with Crippen LogP contribution >= 0.6 is 11.6 Å². The maximum absolute atomic E-state index is 12.9. The molecule has 1 N–H and O–H groups in total. The Labute approximate surface area is 192 Å². The second-order valence-corrected chi connectivity index (χ2v) is 7.86. The standard InChI is InChI=1S/C24H25ClN4O3/c1-3-31-15-7-14-29-16(2)20(21(26-24(29)30)17-8-5-4-6-9-17)23-27-22(28-32-23)18-10-12-19(25)13-11-18/h4-6,8-13,21H,3,7,14-15H2,1-2H3,(H,26,30). The highest BCUT2D eigenvalue weighted by atomic mass is 35.5. The summed E-state index contributed by atoms with van der Waals surface area (Å²) in [6.45, 7) is 5.64. The van der Waals surface area contributed by atoms with Crippen molar-refractivity contribution in [2.75, 3.05) is 19.8 Å². The van der Waals surface area contributed by atoms with E-state index in [-0.39, 0.29) is 6.03 Å². The zero-order valence-electron chi connectivity index (χ0n) is 18.0. The Bertz CT molecular complexity index is 1100. The van der Waals surface area contributed by atoms with Crippen LogP contribution in [0.5, 0.6) is 0 Å². The molecule has 32 heavy (non-hydrogen) atoms. The molecule has 4 rings (SSSR count). The van der Waals surface area contributed by atoms with Gasteiger partial charge in [0.25, 0.3) is 5.89 Å². The Balaban J connectivity index is 1.72. The van der Waals surface area contributed by atoms with Crippen molar-refractivity contribution in [1.29, 1.82) is 0 Å². The van der Waals surface area contributed by atoms with Gasteiger partial charge in [-0.2, -0.15) is 4.98 Å². The van der Waals surface area contributed by atoms with Gasteiger partial charge in [0.2, 0.25) is 5.82 Å². The van der Waals surface area contributed by atoms with Gasteiger partial charge in [-0.05, 0) is 50.1 Å². The van der Waals surface area contributed by atoms with Crippen LogP contribution in [0.3, 0.4) is 0 Å². The number of nitrogens with one attached hydrogen (secondary N) is 1. The van der Waals surface area contributed by atoms with Gasteiger partial charge in [-0.3, -0.25) is 4.90 Å². The molecule has 1 unspecified atom stereocenters. The van der Waals surface area contributed by atoms with E-state index in [2.05, 4.69) is 15.5 Å². The number of amides is 2. The van der Waals surface area contributed by atoms with E-state index in [9.17, 15) is 4.79 Å². The van der Waals surface area contributed by atoms with Crippen LogP contribution in [0, 0.1) is 0 Å². The Kier molecular flexibility index (Phi) is 6.87. The molecule has 1 aliphatic heterocycles. The minimum absolute atomic E-state index is 0.158. The van der Waals surface area contributed by atoms with Gasteiger partial charge in [0, 0.05) is 36.0 Å². The number of nitrogens with zero attached hydrogens (tertiary/aromatic N) is 3. The zero-order valence-corrected chi connectivity index (χ0v) is 18.8. The maximum Gasteiger partial charge on any atom is 0.322 e. The van der Waals surface area contributed by atoms with E-state index in [4.69, 9.17) is 20.9 Å². The summed E-state index contributed by atoms with van der Waals surface area (Å²) >= 11 is 6.00. The average Bonchev–Trinajstić information content (AvgIpc) is 3.29.